The lowest BCUT2D eigenvalue weighted by Gasteiger charge is -2.14. The molecular formula is C30H32N2O3. The quantitative estimate of drug-likeness (QED) is 0.265. The number of unbranched alkanes of at least 4 members (excludes halogenated alkanes) is 3. The summed E-state index contributed by atoms with van der Waals surface area (Å²) >= 11 is 0. The van der Waals surface area contributed by atoms with Gasteiger partial charge < -0.3 is 5.11 Å². The smallest absolute Gasteiger partial charge is 0.336 e. The van der Waals surface area contributed by atoms with Crippen molar-refractivity contribution in [3.63, 3.8) is 0 Å². The maximum absolute atomic E-state index is 13.5. The van der Waals surface area contributed by atoms with E-state index in [-0.39, 0.29) is 17.8 Å². The first kappa shape index (κ1) is 24.3. The van der Waals surface area contributed by atoms with Crippen LogP contribution in [0.4, 0.5) is 0 Å². The monoisotopic (exact) mass is 468 g/mol. The summed E-state index contributed by atoms with van der Waals surface area (Å²) in [7, 11) is 0. The zero-order valence-electron chi connectivity index (χ0n) is 20.2. The molecule has 1 heterocycles. The molecule has 3 aromatic carbocycles. The van der Waals surface area contributed by atoms with Gasteiger partial charge in [0.2, 0.25) is 0 Å². The lowest BCUT2D eigenvalue weighted by atomic mass is 9.95. The van der Waals surface area contributed by atoms with Crippen molar-refractivity contribution in [2.24, 2.45) is 0 Å². The van der Waals surface area contributed by atoms with E-state index in [9.17, 15) is 14.7 Å². The van der Waals surface area contributed by atoms with Gasteiger partial charge >= 0.3 is 11.7 Å². The zero-order valence-corrected chi connectivity index (χ0v) is 20.2. The molecule has 0 aliphatic rings. The van der Waals surface area contributed by atoms with Crippen molar-refractivity contribution in [1.82, 2.24) is 9.13 Å². The first-order chi connectivity index (χ1) is 17.1. The third-order valence-corrected chi connectivity index (χ3v) is 6.39. The minimum absolute atomic E-state index is 0.110. The molecule has 5 heteroatoms. The molecule has 4 rings (SSSR count). The Labute approximate surface area is 206 Å². The Morgan fingerprint density at radius 1 is 0.829 bits per heavy atom. The SMILES string of the molecule is CCCCCCc1cn(Cc2ccccc2)c(=O)n1Cc1cccc(-c2ccccc2)c1C(=O)O. The highest BCUT2D eigenvalue weighted by Gasteiger charge is 2.19. The van der Waals surface area contributed by atoms with Gasteiger partial charge in [-0.15, -0.1) is 0 Å². The second-order valence-electron chi connectivity index (χ2n) is 8.92. The van der Waals surface area contributed by atoms with Gasteiger partial charge in [-0.3, -0.25) is 9.13 Å². The van der Waals surface area contributed by atoms with Crippen LogP contribution in [-0.2, 0) is 19.5 Å². The maximum Gasteiger partial charge on any atom is 0.336 e. The van der Waals surface area contributed by atoms with Gasteiger partial charge in [-0.2, -0.15) is 0 Å². The average Bonchev–Trinajstić information content (AvgIpc) is 3.16. The fourth-order valence-corrected chi connectivity index (χ4v) is 4.59. The Morgan fingerprint density at radius 2 is 1.54 bits per heavy atom. The van der Waals surface area contributed by atoms with Crippen molar-refractivity contribution < 1.29 is 9.90 Å². The molecule has 0 atom stereocenters. The van der Waals surface area contributed by atoms with Crippen molar-refractivity contribution in [2.45, 2.75) is 52.1 Å². The molecule has 5 nitrogen and oxygen atoms in total. The van der Waals surface area contributed by atoms with Gasteiger partial charge in [0.25, 0.3) is 0 Å². The molecule has 0 unspecified atom stereocenters. The summed E-state index contributed by atoms with van der Waals surface area (Å²) in [5.41, 5.74) is 4.29. The largest absolute Gasteiger partial charge is 0.478 e. The number of hydrogen-bond acceptors (Lipinski definition) is 2. The van der Waals surface area contributed by atoms with E-state index in [4.69, 9.17) is 0 Å². The highest BCUT2D eigenvalue weighted by molar-refractivity contribution is 5.97. The van der Waals surface area contributed by atoms with Gasteiger partial charge in [0.1, 0.15) is 0 Å². The Kier molecular flexibility index (Phi) is 7.99. The van der Waals surface area contributed by atoms with Crippen LogP contribution in [-0.4, -0.2) is 20.2 Å². The Balaban J connectivity index is 1.73. The van der Waals surface area contributed by atoms with E-state index in [1.54, 1.807) is 9.13 Å². The maximum atomic E-state index is 13.5. The Hall–Kier alpha value is -3.86. The topological polar surface area (TPSA) is 64.2 Å². The van der Waals surface area contributed by atoms with Crippen molar-refractivity contribution >= 4 is 5.97 Å². The van der Waals surface area contributed by atoms with E-state index < -0.39 is 5.97 Å². The number of benzene rings is 3. The number of aryl methyl sites for hydroxylation is 1. The normalized spacial score (nSPS) is 11.0. The first-order valence-electron chi connectivity index (χ1n) is 12.3. The molecule has 0 aliphatic heterocycles. The summed E-state index contributed by atoms with van der Waals surface area (Å²) < 4.78 is 3.50. The third-order valence-electron chi connectivity index (χ3n) is 6.39. The molecule has 0 saturated carbocycles. The van der Waals surface area contributed by atoms with Crippen LogP contribution in [0.5, 0.6) is 0 Å². The number of aromatic carboxylic acids is 1. The van der Waals surface area contributed by atoms with Gasteiger partial charge in [-0.05, 0) is 35.1 Å². The fraction of sp³-hybridized carbons (Fsp3) is 0.267. The van der Waals surface area contributed by atoms with Crippen LogP contribution in [0.15, 0.2) is 89.9 Å². The van der Waals surface area contributed by atoms with Gasteiger partial charge in [0, 0.05) is 11.9 Å². The molecule has 0 bridgehead atoms. The number of carboxylic acids is 1. The van der Waals surface area contributed by atoms with Crippen LogP contribution >= 0.6 is 0 Å². The van der Waals surface area contributed by atoms with E-state index in [2.05, 4.69) is 6.92 Å². The average molecular weight is 469 g/mol. The number of imidazole rings is 1. The number of carboxylic acid groups (broad SMARTS) is 1. The predicted molar refractivity (Wildman–Crippen MR) is 140 cm³/mol. The molecule has 0 fully saturated rings. The van der Waals surface area contributed by atoms with E-state index >= 15 is 0 Å². The Morgan fingerprint density at radius 3 is 2.23 bits per heavy atom. The van der Waals surface area contributed by atoms with Crippen LogP contribution < -0.4 is 5.69 Å². The minimum Gasteiger partial charge on any atom is -0.478 e. The number of hydrogen-bond donors (Lipinski definition) is 1. The fourth-order valence-electron chi connectivity index (χ4n) is 4.59. The van der Waals surface area contributed by atoms with Gasteiger partial charge in [0.15, 0.2) is 0 Å². The number of rotatable bonds is 11. The Bertz CT molecular complexity index is 1320. The van der Waals surface area contributed by atoms with Gasteiger partial charge in [0.05, 0.1) is 18.7 Å². The van der Waals surface area contributed by atoms with E-state index in [0.717, 1.165) is 48.9 Å². The molecule has 1 aromatic heterocycles. The summed E-state index contributed by atoms with van der Waals surface area (Å²) in [5.74, 6) is -0.985. The zero-order chi connectivity index (χ0) is 24.6. The van der Waals surface area contributed by atoms with Gasteiger partial charge in [-0.25, -0.2) is 9.59 Å². The van der Waals surface area contributed by atoms with E-state index in [1.807, 2.05) is 85.1 Å². The molecular weight excluding hydrogens is 436 g/mol. The second-order valence-corrected chi connectivity index (χ2v) is 8.92. The number of carbonyl (C=O) groups is 1. The first-order valence-corrected chi connectivity index (χ1v) is 12.3. The molecule has 180 valence electrons. The van der Waals surface area contributed by atoms with Gasteiger partial charge in [-0.1, -0.05) is 105 Å². The third kappa shape index (κ3) is 5.80. The highest BCUT2D eigenvalue weighted by atomic mass is 16.4. The lowest BCUT2D eigenvalue weighted by molar-refractivity contribution is 0.0696. The van der Waals surface area contributed by atoms with Crippen molar-refractivity contribution in [2.75, 3.05) is 0 Å². The van der Waals surface area contributed by atoms with Crippen LogP contribution in [0.1, 0.15) is 59.8 Å². The molecule has 0 radical (unpaired) electrons. The number of nitrogens with zero attached hydrogens (tertiary/aromatic N) is 2. The van der Waals surface area contributed by atoms with Crippen LogP contribution in [0, 0.1) is 0 Å². The molecule has 0 aliphatic carbocycles. The summed E-state index contributed by atoms with van der Waals surface area (Å²) in [6.45, 7) is 2.90. The standard InChI is InChI=1S/C30H32N2O3/c1-2-3-4-11-18-26-22-31(20-23-13-7-5-8-14-23)30(35)32(26)21-25-17-12-19-27(28(25)29(33)34)24-15-9-6-10-16-24/h5-10,12-17,19,22H,2-4,11,18,20-21H2,1H3,(H,33,34). The summed E-state index contributed by atoms with van der Waals surface area (Å²) in [4.78, 5) is 25.9. The molecule has 4 aromatic rings. The number of aromatic nitrogens is 2. The minimum atomic E-state index is -0.985. The lowest BCUT2D eigenvalue weighted by Crippen LogP contribution is -2.26. The van der Waals surface area contributed by atoms with Crippen LogP contribution in [0.2, 0.25) is 0 Å². The summed E-state index contributed by atoms with van der Waals surface area (Å²) in [6, 6.07) is 25.0. The summed E-state index contributed by atoms with van der Waals surface area (Å²) in [6.07, 6.45) is 7.16. The van der Waals surface area contributed by atoms with E-state index in [0.29, 0.717) is 17.7 Å². The molecule has 0 spiro atoms. The van der Waals surface area contributed by atoms with Crippen LogP contribution in [0.3, 0.4) is 0 Å². The summed E-state index contributed by atoms with van der Waals surface area (Å²) in [5, 5.41) is 10.1. The molecule has 0 saturated heterocycles. The molecule has 35 heavy (non-hydrogen) atoms. The molecule has 0 amide bonds. The van der Waals surface area contributed by atoms with Crippen molar-refractivity contribution in [3.8, 4) is 11.1 Å². The second kappa shape index (κ2) is 11.5. The van der Waals surface area contributed by atoms with E-state index in [1.165, 1.54) is 0 Å². The van der Waals surface area contributed by atoms with Crippen LogP contribution in [0.25, 0.3) is 11.1 Å². The van der Waals surface area contributed by atoms with Crippen molar-refractivity contribution in [1.29, 1.82) is 0 Å². The predicted octanol–water partition coefficient (Wildman–Crippen LogP) is 6.23. The van der Waals surface area contributed by atoms with Crippen molar-refractivity contribution in [3.05, 3.63) is 118 Å². The highest BCUT2D eigenvalue weighted by Crippen LogP contribution is 2.27. The molecule has 1 N–H and O–H groups in total.